The lowest BCUT2D eigenvalue weighted by atomic mass is 10.1. The van der Waals surface area contributed by atoms with Gasteiger partial charge >= 0.3 is 0 Å². The Morgan fingerprint density at radius 3 is 2.75 bits per heavy atom. The van der Waals surface area contributed by atoms with Gasteiger partial charge in [0.15, 0.2) is 0 Å². The van der Waals surface area contributed by atoms with E-state index in [4.69, 9.17) is 4.74 Å². The van der Waals surface area contributed by atoms with Crippen molar-refractivity contribution in [2.75, 3.05) is 6.54 Å². The average Bonchev–Trinajstić information content (AvgIpc) is 2.44. The molecule has 20 heavy (non-hydrogen) atoms. The summed E-state index contributed by atoms with van der Waals surface area (Å²) in [6.45, 7) is 8.09. The van der Waals surface area contributed by atoms with Crippen LogP contribution in [0.5, 0.6) is 11.5 Å². The first-order valence-corrected chi connectivity index (χ1v) is 7.09. The van der Waals surface area contributed by atoms with Crippen LogP contribution in [0.15, 0.2) is 36.7 Å². The smallest absolute Gasteiger partial charge is 0.135 e. The Kier molecular flexibility index (Phi) is 5.13. The van der Waals surface area contributed by atoms with Gasteiger partial charge in [-0.2, -0.15) is 0 Å². The predicted molar refractivity (Wildman–Crippen MR) is 82.2 cm³/mol. The Hall–Kier alpha value is -1.87. The number of hydrogen-bond donors (Lipinski definition) is 1. The van der Waals surface area contributed by atoms with Crippen LogP contribution in [-0.4, -0.2) is 11.5 Å². The normalized spacial score (nSPS) is 10.6. The van der Waals surface area contributed by atoms with Crippen molar-refractivity contribution in [1.29, 1.82) is 0 Å². The predicted octanol–water partition coefficient (Wildman–Crippen LogP) is 3.99. The van der Waals surface area contributed by atoms with E-state index in [0.717, 1.165) is 42.1 Å². The summed E-state index contributed by atoms with van der Waals surface area (Å²) in [5.41, 5.74) is 3.48. The molecule has 0 spiro atoms. The van der Waals surface area contributed by atoms with Crippen LogP contribution >= 0.6 is 0 Å². The molecule has 0 amide bonds. The summed E-state index contributed by atoms with van der Waals surface area (Å²) in [6.07, 6.45) is 4.75. The van der Waals surface area contributed by atoms with E-state index in [1.54, 1.807) is 6.20 Å². The van der Waals surface area contributed by atoms with Crippen molar-refractivity contribution >= 4 is 0 Å². The van der Waals surface area contributed by atoms with Crippen LogP contribution in [0.25, 0.3) is 0 Å². The van der Waals surface area contributed by atoms with Crippen LogP contribution in [0.1, 0.15) is 30.0 Å². The van der Waals surface area contributed by atoms with Gasteiger partial charge in [-0.15, -0.1) is 0 Å². The summed E-state index contributed by atoms with van der Waals surface area (Å²) < 4.78 is 6.05. The number of rotatable bonds is 6. The lowest BCUT2D eigenvalue weighted by Gasteiger charge is -2.13. The molecular formula is C17H22N2O. The summed E-state index contributed by atoms with van der Waals surface area (Å²) in [6, 6.07) is 8.14. The molecule has 3 heteroatoms. The molecule has 0 atom stereocenters. The fourth-order valence-electron chi connectivity index (χ4n) is 2.08. The van der Waals surface area contributed by atoms with Gasteiger partial charge in [-0.3, -0.25) is 4.98 Å². The highest BCUT2D eigenvalue weighted by Gasteiger charge is 2.06. The summed E-state index contributed by atoms with van der Waals surface area (Å²) in [4.78, 5) is 4.18. The van der Waals surface area contributed by atoms with E-state index in [2.05, 4.69) is 43.2 Å². The molecule has 106 valence electrons. The van der Waals surface area contributed by atoms with Crippen LogP contribution in [0.3, 0.4) is 0 Å². The molecule has 1 heterocycles. The molecular weight excluding hydrogens is 248 g/mol. The van der Waals surface area contributed by atoms with E-state index in [1.165, 1.54) is 5.56 Å². The summed E-state index contributed by atoms with van der Waals surface area (Å²) in [5.74, 6) is 1.77. The Bertz CT molecular complexity index is 567. The van der Waals surface area contributed by atoms with Crippen molar-refractivity contribution in [3.05, 3.63) is 53.3 Å². The molecule has 0 bridgehead atoms. The van der Waals surface area contributed by atoms with Crippen LogP contribution in [0.2, 0.25) is 0 Å². The number of ether oxygens (including phenoxy) is 1. The fraction of sp³-hybridized carbons (Fsp3) is 0.353. The topological polar surface area (TPSA) is 34.2 Å². The molecule has 0 unspecified atom stereocenters. The molecule has 0 saturated heterocycles. The zero-order valence-corrected chi connectivity index (χ0v) is 12.4. The highest BCUT2D eigenvalue weighted by Crippen LogP contribution is 2.27. The van der Waals surface area contributed by atoms with Gasteiger partial charge in [0.2, 0.25) is 0 Å². The third-order valence-corrected chi connectivity index (χ3v) is 3.15. The second-order valence-corrected chi connectivity index (χ2v) is 5.03. The number of benzene rings is 1. The molecule has 0 aliphatic rings. The van der Waals surface area contributed by atoms with Crippen molar-refractivity contribution in [1.82, 2.24) is 10.3 Å². The molecule has 0 saturated carbocycles. The van der Waals surface area contributed by atoms with Crippen LogP contribution < -0.4 is 10.1 Å². The second kappa shape index (κ2) is 7.06. The van der Waals surface area contributed by atoms with E-state index < -0.39 is 0 Å². The number of nitrogens with one attached hydrogen (secondary N) is 1. The first-order valence-electron chi connectivity index (χ1n) is 7.09. The van der Waals surface area contributed by atoms with Crippen molar-refractivity contribution < 1.29 is 4.74 Å². The minimum atomic E-state index is 0.780. The minimum Gasteiger partial charge on any atom is -0.457 e. The van der Waals surface area contributed by atoms with Gasteiger partial charge in [0.25, 0.3) is 0 Å². The molecule has 0 fully saturated rings. The quantitative estimate of drug-likeness (QED) is 0.806. The highest BCUT2D eigenvalue weighted by atomic mass is 16.5. The largest absolute Gasteiger partial charge is 0.457 e. The van der Waals surface area contributed by atoms with Gasteiger partial charge in [0.05, 0.1) is 0 Å². The molecule has 1 aromatic carbocycles. The Morgan fingerprint density at radius 1 is 1.15 bits per heavy atom. The van der Waals surface area contributed by atoms with Crippen molar-refractivity contribution in [3.63, 3.8) is 0 Å². The Labute approximate surface area is 121 Å². The molecule has 3 nitrogen and oxygen atoms in total. The van der Waals surface area contributed by atoms with Gasteiger partial charge in [0.1, 0.15) is 11.5 Å². The lowest BCUT2D eigenvalue weighted by molar-refractivity contribution is 0.468. The Balaban J connectivity index is 2.16. The van der Waals surface area contributed by atoms with E-state index in [9.17, 15) is 0 Å². The number of pyridine rings is 1. The van der Waals surface area contributed by atoms with E-state index in [1.807, 2.05) is 18.3 Å². The zero-order valence-electron chi connectivity index (χ0n) is 12.4. The lowest BCUT2D eigenvalue weighted by Crippen LogP contribution is -2.14. The first kappa shape index (κ1) is 14.5. The number of aromatic nitrogens is 1. The maximum Gasteiger partial charge on any atom is 0.135 e. The van der Waals surface area contributed by atoms with Gasteiger partial charge in [0, 0.05) is 24.5 Å². The van der Waals surface area contributed by atoms with Crippen molar-refractivity contribution in [2.24, 2.45) is 0 Å². The second-order valence-electron chi connectivity index (χ2n) is 5.03. The van der Waals surface area contributed by atoms with Gasteiger partial charge in [-0.1, -0.05) is 24.6 Å². The molecule has 0 aliphatic carbocycles. The first-order chi connectivity index (χ1) is 9.70. The standard InChI is InChI=1S/C17H22N2O/c1-4-8-18-11-15-12-19-9-7-17(15)20-16-6-5-13(2)10-14(16)3/h5-7,9-10,12,18H,4,8,11H2,1-3H3. The summed E-state index contributed by atoms with van der Waals surface area (Å²) in [7, 11) is 0. The highest BCUT2D eigenvalue weighted by molar-refractivity contribution is 5.41. The van der Waals surface area contributed by atoms with Crippen LogP contribution in [-0.2, 0) is 6.54 Å². The zero-order chi connectivity index (χ0) is 14.4. The van der Waals surface area contributed by atoms with Crippen LogP contribution in [0.4, 0.5) is 0 Å². The van der Waals surface area contributed by atoms with Gasteiger partial charge in [-0.25, -0.2) is 0 Å². The van der Waals surface area contributed by atoms with E-state index >= 15 is 0 Å². The van der Waals surface area contributed by atoms with Crippen molar-refractivity contribution in [2.45, 2.75) is 33.7 Å². The molecule has 0 radical (unpaired) electrons. The molecule has 2 aromatic rings. The number of hydrogen-bond acceptors (Lipinski definition) is 3. The average molecular weight is 270 g/mol. The van der Waals surface area contributed by atoms with E-state index in [-0.39, 0.29) is 0 Å². The van der Waals surface area contributed by atoms with Gasteiger partial charge in [-0.05, 0) is 44.5 Å². The maximum atomic E-state index is 6.05. The van der Waals surface area contributed by atoms with Gasteiger partial charge < -0.3 is 10.1 Å². The minimum absolute atomic E-state index is 0.780. The van der Waals surface area contributed by atoms with Crippen molar-refractivity contribution in [3.8, 4) is 11.5 Å². The number of aryl methyl sites for hydroxylation is 2. The Morgan fingerprint density at radius 2 is 2.00 bits per heavy atom. The molecule has 2 rings (SSSR count). The maximum absolute atomic E-state index is 6.05. The third kappa shape index (κ3) is 3.81. The molecule has 1 aromatic heterocycles. The van der Waals surface area contributed by atoms with Crippen LogP contribution in [0, 0.1) is 13.8 Å². The monoisotopic (exact) mass is 270 g/mol. The molecule has 0 aliphatic heterocycles. The molecule has 1 N–H and O–H groups in total. The summed E-state index contributed by atoms with van der Waals surface area (Å²) in [5, 5.41) is 3.38. The summed E-state index contributed by atoms with van der Waals surface area (Å²) >= 11 is 0. The fourth-order valence-corrected chi connectivity index (χ4v) is 2.08. The SMILES string of the molecule is CCCNCc1cnccc1Oc1ccc(C)cc1C. The third-order valence-electron chi connectivity index (χ3n) is 3.15. The van der Waals surface area contributed by atoms with E-state index in [0.29, 0.717) is 0 Å². The number of nitrogens with zero attached hydrogens (tertiary/aromatic N) is 1.